The fourth-order valence-electron chi connectivity index (χ4n) is 1.56. The van der Waals surface area contributed by atoms with Gasteiger partial charge in [0.25, 0.3) is 0 Å². The number of hydrogen-bond acceptors (Lipinski definition) is 3. The Bertz CT molecular complexity index is 335. The Morgan fingerprint density at radius 3 is 2.71 bits per heavy atom. The molecule has 1 unspecified atom stereocenters. The largest absolute Gasteiger partial charge is 0.342 e. The minimum absolute atomic E-state index is 0.148. The van der Waals surface area contributed by atoms with Crippen molar-refractivity contribution in [2.45, 2.75) is 39.3 Å². The maximum Gasteiger partial charge on any atom is 0.236 e. The minimum atomic E-state index is 0.148. The summed E-state index contributed by atoms with van der Waals surface area (Å²) in [5.41, 5.74) is 0. The Morgan fingerprint density at radius 2 is 2.24 bits per heavy atom. The number of hydrogen-bond donors (Lipinski definition) is 1. The molecule has 96 valence electrons. The SMILES string of the molecule is CCC(NCC(=O)N(C)C(C)C)c1cccs1. The smallest absolute Gasteiger partial charge is 0.236 e. The summed E-state index contributed by atoms with van der Waals surface area (Å²) >= 11 is 1.73. The van der Waals surface area contributed by atoms with E-state index in [2.05, 4.69) is 23.7 Å². The molecule has 1 heterocycles. The Labute approximate surface area is 108 Å². The van der Waals surface area contributed by atoms with Crippen molar-refractivity contribution in [2.75, 3.05) is 13.6 Å². The molecule has 1 rings (SSSR count). The average Bonchev–Trinajstić information content (AvgIpc) is 2.82. The van der Waals surface area contributed by atoms with Crippen LogP contribution in [0.4, 0.5) is 0 Å². The first kappa shape index (κ1) is 14.2. The van der Waals surface area contributed by atoms with Crippen molar-refractivity contribution in [3.63, 3.8) is 0 Å². The van der Waals surface area contributed by atoms with Gasteiger partial charge in [0.15, 0.2) is 0 Å². The van der Waals surface area contributed by atoms with Crippen LogP contribution in [0.15, 0.2) is 17.5 Å². The summed E-state index contributed by atoms with van der Waals surface area (Å²) in [7, 11) is 1.85. The Morgan fingerprint density at radius 1 is 1.53 bits per heavy atom. The normalized spacial score (nSPS) is 12.8. The molecule has 1 amide bonds. The molecule has 3 nitrogen and oxygen atoms in total. The maximum atomic E-state index is 11.8. The second-order valence-electron chi connectivity index (χ2n) is 4.46. The summed E-state index contributed by atoms with van der Waals surface area (Å²) in [5, 5.41) is 5.40. The van der Waals surface area contributed by atoms with Gasteiger partial charge in [-0.2, -0.15) is 0 Å². The molecule has 0 fully saturated rings. The van der Waals surface area contributed by atoms with Crippen LogP contribution in [0.25, 0.3) is 0 Å². The minimum Gasteiger partial charge on any atom is -0.342 e. The van der Waals surface area contributed by atoms with Crippen LogP contribution in [-0.2, 0) is 4.79 Å². The highest BCUT2D eigenvalue weighted by Gasteiger charge is 2.15. The topological polar surface area (TPSA) is 32.3 Å². The molecular formula is C13H22N2OS. The van der Waals surface area contributed by atoms with Crippen LogP contribution in [0.3, 0.4) is 0 Å². The third-order valence-corrected chi connectivity index (χ3v) is 3.95. The molecule has 0 saturated heterocycles. The van der Waals surface area contributed by atoms with E-state index >= 15 is 0 Å². The molecule has 0 aliphatic rings. The van der Waals surface area contributed by atoms with Crippen LogP contribution in [0.5, 0.6) is 0 Å². The number of rotatable bonds is 6. The van der Waals surface area contributed by atoms with E-state index in [0.717, 1.165) is 6.42 Å². The van der Waals surface area contributed by atoms with Crippen LogP contribution in [-0.4, -0.2) is 30.4 Å². The van der Waals surface area contributed by atoms with Gasteiger partial charge in [-0.3, -0.25) is 4.79 Å². The number of nitrogens with one attached hydrogen (secondary N) is 1. The fraction of sp³-hybridized carbons (Fsp3) is 0.615. The van der Waals surface area contributed by atoms with Crippen molar-refractivity contribution in [2.24, 2.45) is 0 Å². The summed E-state index contributed by atoms with van der Waals surface area (Å²) < 4.78 is 0. The second-order valence-corrected chi connectivity index (χ2v) is 5.43. The van der Waals surface area contributed by atoms with Crippen molar-refractivity contribution in [1.82, 2.24) is 10.2 Å². The molecule has 1 aromatic rings. The molecular weight excluding hydrogens is 232 g/mol. The third-order valence-electron chi connectivity index (χ3n) is 2.96. The zero-order chi connectivity index (χ0) is 12.8. The van der Waals surface area contributed by atoms with E-state index in [-0.39, 0.29) is 11.9 Å². The molecule has 4 heteroatoms. The lowest BCUT2D eigenvalue weighted by molar-refractivity contribution is -0.130. The van der Waals surface area contributed by atoms with Crippen molar-refractivity contribution in [1.29, 1.82) is 0 Å². The van der Waals surface area contributed by atoms with Crippen LogP contribution >= 0.6 is 11.3 Å². The lowest BCUT2D eigenvalue weighted by Gasteiger charge is -2.23. The molecule has 0 bridgehead atoms. The standard InChI is InChI=1S/C13H22N2OS/c1-5-11(12-7-6-8-17-12)14-9-13(16)15(4)10(2)3/h6-8,10-11,14H,5,9H2,1-4H3. The summed E-state index contributed by atoms with van der Waals surface area (Å²) in [4.78, 5) is 14.9. The van der Waals surface area contributed by atoms with Crippen LogP contribution in [0, 0.1) is 0 Å². The molecule has 1 aromatic heterocycles. The highest BCUT2D eigenvalue weighted by atomic mass is 32.1. The van der Waals surface area contributed by atoms with E-state index in [1.165, 1.54) is 4.88 Å². The molecule has 17 heavy (non-hydrogen) atoms. The molecule has 0 spiro atoms. The van der Waals surface area contributed by atoms with E-state index < -0.39 is 0 Å². The Balaban J connectivity index is 2.46. The zero-order valence-corrected chi connectivity index (χ0v) is 11.9. The van der Waals surface area contributed by atoms with Gasteiger partial charge in [0.05, 0.1) is 6.54 Å². The molecule has 0 radical (unpaired) electrons. The molecule has 0 aliphatic heterocycles. The predicted molar refractivity (Wildman–Crippen MR) is 73.3 cm³/mol. The Hall–Kier alpha value is -0.870. The number of amides is 1. The van der Waals surface area contributed by atoms with Crippen molar-refractivity contribution in [3.05, 3.63) is 22.4 Å². The van der Waals surface area contributed by atoms with E-state index in [1.807, 2.05) is 27.0 Å². The quantitative estimate of drug-likeness (QED) is 0.846. The van der Waals surface area contributed by atoms with E-state index in [9.17, 15) is 4.79 Å². The van der Waals surface area contributed by atoms with Crippen molar-refractivity contribution < 1.29 is 4.79 Å². The number of carbonyl (C=O) groups is 1. The van der Waals surface area contributed by atoms with E-state index in [4.69, 9.17) is 0 Å². The van der Waals surface area contributed by atoms with Gasteiger partial charge in [-0.15, -0.1) is 11.3 Å². The van der Waals surface area contributed by atoms with Gasteiger partial charge < -0.3 is 10.2 Å². The van der Waals surface area contributed by atoms with Gasteiger partial charge >= 0.3 is 0 Å². The van der Waals surface area contributed by atoms with Gasteiger partial charge in [-0.25, -0.2) is 0 Å². The molecule has 0 aromatic carbocycles. The highest BCUT2D eigenvalue weighted by Crippen LogP contribution is 2.21. The zero-order valence-electron chi connectivity index (χ0n) is 11.1. The van der Waals surface area contributed by atoms with Gasteiger partial charge in [0.2, 0.25) is 5.91 Å². The molecule has 0 aliphatic carbocycles. The summed E-state index contributed by atoms with van der Waals surface area (Å²) in [6.45, 7) is 6.59. The number of thiophene rings is 1. The Kier molecular flexibility index (Phi) is 5.65. The lowest BCUT2D eigenvalue weighted by Crippen LogP contribution is -2.40. The fourth-order valence-corrected chi connectivity index (χ4v) is 2.44. The average molecular weight is 254 g/mol. The number of carbonyl (C=O) groups excluding carboxylic acids is 1. The summed E-state index contributed by atoms with van der Waals surface area (Å²) in [5.74, 6) is 0.148. The predicted octanol–water partition coefficient (Wildman–Crippen LogP) is 2.66. The molecule has 1 atom stereocenters. The van der Waals surface area contributed by atoms with E-state index in [0.29, 0.717) is 12.6 Å². The van der Waals surface area contributed by atoms with Gasteiger partial charge in [0, 0.05) is 24.0 Å². The van der Waals surface area contributed by atoms with E-state index in [1.54, 1.807) is 16.2 Å². The summed E-state index contributed by atoms with van der Waals surface area (Å²) in [6.07, 6.45) is 0.999. The second kappa shape index (κ2) is 6.77. The lowest BCUT2D eigenvalue weighted by atomic mass is 10.2. The number of likely N-dealkylation sites (N-methyl/N-ethyl adjacent to an activating group) is 1. The molecule has 0 saturated carbocycles. The maximum absolute atomic E-state index is 11.8. The van der Waals surface area contributed by atoms with Gasteiger partial charge in [-0.05, 0) is 31.7 Å². The van der Waals surface area contributed by atoms with Crippen LogP contribution in [0.2, 0.25) is 0 Å². The monoisotopic (exact) mass is 254 g/mol. The van der Waals surface area contributed by atoms with Crippen molar-refractivity contribution >= 4 is 17.2 Å². The van der Waals surface area contributed by atoms with Crippen LogP contribution in [0.1, 0.15) is 38.1 Å². The first-order valence-electron chi connectivity index (χ1n) is 6.08. The molecule has 1 N–H and O–H groups in total. The van der Waals surface area contributed by atoms with Gasteiger partial charge in [-0.1, -0.05) is 13.0 Å². The first-order chi connectivity index (χ1) is 8.06. The van der Waals surface area contributed by atoms with Crippen LogP contribution < -0.4 is 5.32 Å². The first-order valence-corrected chi connectivity index (χ1v) is 6.96. The van der Waals surface area contributed by atoms with Gasteiger partial charge in [0.1, 0.15) is 0 Å². The number of nitrogens with zero attached hydrogens (tertiary/aromatic N) is 1. The van der Waals surface area contributed by atoms with Crippen molar-refractivity contribution in [3.8, 4) is 0 Å². The summed E-state index contributed by atoms with van der Waals surface area (Å²) in [6, 6.07) is 4.71. The third kappa shape index (κ3) is 4.13. The highest BCUT2D eigenvalue weighted by molar-refractivity contribution is 7.10.